The number of hydrogen-bond acceptors (Lipinski definition) is 4. The zero-order valence-electron chi connectivity index (χ0n) is 16.1. The van der Waals surface area contributed by atoms with E-state index in [9.17, 15) is 5.11 Å². The molecule has 0 aromatic heterocycles. The summed E-state index contributed by atoms with van der Waals surface area (Å²) < 4.78 is 0. The van der Waals surface area contributed by atoms with E-state index in [0.717, 1.165) is 58.2 Å². The summed E-state index contributed by atoms with van der Waals surface area (Å²) in [4.78, 5) is 2.29. The zero-order chi connectivity index (χ0) is 17.9. The van der Waals surface area contributed by atoms with Gasteiger partial charge in [-0.3, -0.25) is 0 Å². The van der Waals surface area contributed by atoms with Gasteiger partial charge < -0.3 is 20.2 Å². The molecule has 24 heavy (non-hydrogen) atoms. The van der Waals surface area contributed by atoms with Gasteiger partial charge in [0.2, 0.25) is 0 Å². The summed E-state index contributed by atoms with van der Waals surface area (Å²) in [5.74, 6) is 0. The van der Waals surface area contributed by atoms with E-state index in [0.29, 0.717) is 0 Å². The van der Waals surface area contributed by atoms with Gasteiger partial charge in [-0.1, -0.05) is 58.3 Å². The molecule has 4 heteroatoms. The van der Waals surface area contributed by atoms with E-state index in [1.54, 1.807) is 0 Å². The molecule has 0 aliphatic rings. The highest BCUT2D eigenvalue weighted by molar-refractivity contribution is 4.66. The van der Waals surface area contributed by atoms with Crippen LogP contribution in [-0.2, 0) is 0 Å². The summed E-state index contributed by atoms with van der Waals surface area (Å²) in [6.45, 7) is 5.32. The topological polar surface area (TPSA) is 63.9 Å². The maximum absolute atomic E-state index is 10.3. The molecule has 0 saturated carbocycles. The number of nitrogens with zero attached hydrogens (tertiary/aromatic N) is 1. The van der Waals surface area contributed by atoms with Crippen LogP contribution in [0.25, 0.3) is 0 Å². The van der Waals surface area contributed by atoms with Crippen LogP contribution >= 0.6 is 0 Å². The Bertz CT molecular complexity index is 229. The van der Waals surface area contributed by atoms with Crippen LogP contribution in [0.3, 0.4) is 0 Å². The third-order valence-corrected chi connectivity index (χ3v) is 4.62. The van der Waals surface area contributed by atoms with Gasteiger partial charge >= 0.3 is 0 Å². The predicted molar refractivity (Wildman–Crippen MR) is 102 cm³/mol. The Kier molecular flexibility index (Phi) is 19.0. The number of aliphatic hydroxyl groups is 3. The van der Waals surface area contributed by atoms with Crippen molar-refractivity contribution in [2.24, 2.45) is 0 Å². The molecule has 0 rings (SSSR count). The summed E-state index contributed by atoms with van der Waals surface area (Å²) in [7, 11) is 0. The summed E-state index contributed by atoms with van der Waals surface area (Å²) >= 11 is 0. The van der Waals surface area contributed by atoms with Gasteiger partial charge in [0.05, 0.1) is 6.10 Å². The van der Waals surface area contributed by atoms with Crippen molar-refractivity contribution < 1.29 is 15.3 Å². The van der Waals surface area contributed by atoms with Crippen molar-refractivity contribution in [1.29, 1.82) is 0 Å². The van der Waals surface area contributed by atoms with E-state index in [1.807, 2.05) is 0 Å². The molecule has 146 valence electrons. The molecular formula is C20H43NO3. The number of rotatable bonds is 19. The van der Waals surface area contributed by atoms with Gasteiger partial charge in [0.1, 0.15) is 0 Å². The third-order valence-electron chi connectivity index (χ3n) is 4.62. The molecule has 0 aromatic rings. The van der Waals surface area contributed by atoms with Crippen LogP contribution in [0.4, 0.5) is 0 Å². The second kappa shape index (κ2) is 19.2. The molecule has 0 radical (unpaired) electrons. The minimum atomic E-state index is -0.242. The molecule has 0 aliphatic carbocycles. The van der Waals surface area contributed by atoms with Crippen LogP contribution in [0.1, 0.15) is 90.4 Å². The first-order valence-electron chi connectivity index (χ1n) is 10.4. The molecule has 0 spiro atoms. The van der Waals surface area contributed by atoms with E-state index in [1.165, 1.54) is 44.9 Å². The van der Waals surface area contributed by atoms with Crippen LogP contribution in [-0.4, -0.2) is 59.2 Å². The maximum Gasteiger partial charge on any atom is 0.0667 e. The number of aliphatic hydroxyl groups excluding tert-OH is 3. The Morgan fingerprint density at radius 2 is 1.17 bits per heavy atom. The zero-order valence-corrected chi connectivity index (χ0v) is 16.1. The van der Waals surface area contributed by atoms with Gasteiger partial charge in [0.15, 0.2) is 0 Å². The summed E-state index contributed by atoms with van der Waals surface area (Å²) in [6, 6.07) is 0. The molecule has 3 N–H and O–H groups in total. The first kappa shape index (κ1) is 23.8. The van der Waals surface area contributed by atoms with Crippen molar-refractivity contribution in [2.75, 3.05) is 32.8 Å². The van der Waals surface area contributed by atoms with Gasteiger partial charge in [-0.15, -0.1) is 0 Å². The Morgan fingerprint density at radius 1 is 0.667 bits per heavy atom. The fourth-order valence-corrected chi connectivity index (χ4v) is 3.09. The van der Waals surface area contributed by atoms with Crippen LogP contribution in [0, 0.1) is 0 Å². The van der Waals surface area contributed by atoms with Crippen molar-refractivity contribution in [1.82, 2.24) is 4.90 Å². The minimum absolute atomic E-state index is 0.241. The normalized spacial score (nSPS) is 12.9. The molecule has 0 bridgehead atoms. The average Bonchev–Trinajstić information content (AvgIpc) is 2.57. The predicted octanol–water partition coefficient (Wildman–Crippen LogP) is 3.73. The standard InChI is InChI=1S/C20H43NO3/c1-2-3-4-5-6-7-8-9-14-20(24)19-21(15-10-12-17-22)16-11-13-18-23/h20,22-24H,2-19H2,1H3. The van der Waals surface area contributed by atoms with Crippen molar-refractivity contribution in [2.45, 2.75) is 96.5 Å². The highest BCUT2D eigenvalue weighted by Crippen LogP contribution is 2.11. The molecule has 4 nitrogen and oxygen atoms in total. The fourth-order valence-electron chi connectivity index (χ4n) is 3.09. The summed E-state index contributed by atoms with van der Waals surface area (Å²) in [6.07, 6.45) is 14.6. The van der Waals surface area contributed by atoms with Gasteiger partial charge in [-0.05, 0) is 45.2 Å². The Balaban J connectivity index is 3.72. The van der Waals surface area contributed by atoms with Crippen molar-refractivity contribution in [3.63, 3.8) is 0 Å². The van der Waals surface area contributed by atoms with E-state index >= 15 is 0 Å². The first-order chi connectivity index (χ1) is 11.7. The molecule has 0 heterocycles. The van der Waals surface area contributed by atoms with Crippen molar-refractivity contribution in [3.8, 4) is 0 Å². The molecule has 0 saturated heterocycles. The molecule has 1 unspecified atom stereocenters. The lowest BCUT2D eigenvalue weighted by atomic mass is 10.1. The average molecular weight is 346 g/mol. The molecule has 0 aromatic carbocycles. The molecular weight excluding hydrogens is 302 g/mol. The van der Waals surface area contributed by atoms with Crippen molar-refractivity contribution in [3.05, 3.63) is 0 Å². The quantitative estimate of drug-likeness (QED) is 0.312. The van der Waals surface area contributed by atoms with E-state index < -0.39 is 0 Å². The Labute approximate surface area is 150 Å². The van der Waals surface area contributed by atoms with Gasteiger partial charge in [-0.25, -0.2) is 0 Å². The van der Waals surface area contributed by atoms with Crippen LogP contribution < -0.4 is 0 Å². The lowest BCUT2D eigenvalue weighted by Crippen LogP contribution is -2.34. The smallest absolute Gasteiger partial charge is 0.0667 e. The first-order valence-corrected chi connectivity index (χ1v) is 10.4. The SMILES string of the molecule is CCCCCCCCCCC(O)CN(CCCCO)CCCCO. The molecule has 0 fully saturated rings. The summed E-state index contributed by atoms with van der Waals surface area (Å²) in [5.41, 5.74) is 0. The highest BCUT2D eigenvalue weighted by atomic mass is 16.3. The monoisotopic (exact) mass is 345 g/mol. The summed E-state index contributed by atoms with van der Waals surface area (Å²) in [5, 5.41) is 28.1. The molecule has 0 amide bonds. The maximum atomic E-state index is 10.3. The number of hydrogen-bond donors (Lipinski definition) is 3. The highest BCUT2D eigenvalue weighted by Gasteiger charge is 2.11. The van der Waals surface area contributed by atoms with Gasteiger partial charge in [0, 0.05) is 19.8 Å². The van der Waals surface area contributed by atoms with E-state index in [4.69, 9.17) is 10.2 Å². The Morgan fingerprint density at radius 3 is 1.67 bits per heavy atom. The lowest BCUT2D eigenvalue weighted by molar-refractivity contribution is 0.0987. The van der Waals surface area contributed by atoms with Crippen LogP contribution in [0.2, 0.25) is 0 Å². The van der Waals surface area contributed by atoms with E-state index in [-0.39, 0.29) is 19.3 Å². The van der Waals surface area contributed by atoms with Gasteiger partial charge in [-0.2, -0.15) is 0 Å². The third kappa shape index (κ3) is 16.7. The number of unbranched alkanes of at least 4 members (excludes halogenated alkanes) is 9. The van der Waals surface area contributed by atoms with Crippen LogP contribution in [0.5, 0.6) is 0 Å². The molecule has 0 aliphatic heterocycles. The van der Waals surface area contributed by atoms with Gasteiger partial charge in [0.25, 0.3) is 0 Å². The lowest BCUT2D eigenvalue weighted by Gasteiger charge is -2.25. The Hall–Kier alpha value is -0.160. The largest absolute Gasteiger partial charge is 0.396 e. The second-order valence-corrected chi connectivity index (χ2v) is 7.08. The minimum Gasteiger partial charge on any atom is -0.396 e. The van der Waals surface area contributed by atoms with Crippen LogP contribution in [0.15, 0.2) is 0 Å². The second-order valence-electron chi connectivity index (χ2n) is 7.08. The fraction of sp³-hybridized carbons (Fsp3) is 1.00. The van der Waals surface area contributed by atoms with E-state index in [2.05, 4.69) is 11.8 Å². The molecule has 1 atom stereocenters. The van der Waals surface area contributed by atoms with Crippen molar-refractivity contribution >= 4 is 0 Å².